The lowest BCUT2D eigenvalue weighted by molar-refractivity contribution is 0.113. The van der Waals surface area contributed by atoms with Gasteiger partial charge in [-0.1, -0.05) is 13.2 Å². The third kappa shape index (κ3) is 5.03. The van der Waals surface area contributed by atoms with Crippen LogP contribution in [0.15, 0.2) is 24.6 Å². The summed E-state index contributed by atoms with van der Waals surface area (Å²) in [5, 5.41) is 9.17. The van der Waals surface area contributed by atoms with Gasteiger partial charge in [0, 0.05) is 28.4 Å². The van der Waals surface area contributed by atoms with E-state index in [-0.39, 0.29) is 6.23 Å². The molecular formula is C9H22O7Si3. The standard InChI is InChI=1S/C9H22O7Si3/c1-7-18(12-4,13-5)16-19(8-2,14-6)15-17(9-10)11-3/h7-8,10,17H,1-2,9H2,3-6H3. The van der Waals surface area contributed by atoms with E-state index >= 15 is 0 Å². The first-order chi connectivity index (χ1) is 9.00. The van der Waals surface area contributed by atoms with Gasteiger partial charge in [-0.25, -0.2) is 0 Å². The van der Waals surface area contributed by atoms with Crippen molar-refractivity contribution in [1.29, 1.82) is 0 Å². The first-order valence-electron chi connectivity index (χ1n) is 5.45. The van der Waals surface area contributed by atoms with Crippen LogP contribution in [0.3, 0.4) is 0 Å². The molecule has 112 valence electrons. The van der Waals surface area contributed by atoms with Crippen LogP contribution in [0, 0.1) is 0 Å². The Labute approximate surface area is 117 Å². The van der Waals surface area contributed by atoms with Gasteiger partial charge in [-0.3, -0.25) is 0 Å². The van der Waals surface area contributed by atoms with Crippen LogP contribution in [0.1, 0.15) is 0 Å². The molecule has 7 nitrogen and oxygen atoms in total. The molecule has 1 N–H and O–H groups in total. The van der Waals surface area contributed by atoms with Crippen LogP contribution in [0.5, 0.6) is 0 Å². The summed E-state index contributed by atoms with van der Waals surface area (Å²) in [6.45, 7) is 7.30. The SMILES string of the molecule is C=C[Si](OC)(OC)O[Si](C=C)(OC)O[SiH](CO)OC. The Hall–Kier alpha value is -0.149. The molecule has 0 saturated carbocycles. The normalized spacial score (nSPS) is 16.7. The molecule has 0 aliphatic rings. The molecule has 2 atom stereocenters. The van der Waals surface area contributed by atoms with E-state index in [1.54, 1.807) is 0 Å². The van der Waals surface area contributed by atoms with E-state index in [0.717, 1.165) is 0 Å². The molecule has 0 aromatic heterocycles. The molecule has 0 aromatic rings. The monoisotopic (exact) mass is 326 g/mol. The van der Waals surface area contributed by atoms with E-state index in [1.807, 2.05) is 0 Å². The molecular weight excluding hydrogens is 304 g/mol. The third-order valence-corrected chi connectivity index (χ3v) is 10.5. The first-order valence-corrected chi connectivity index (χ1v) is 10.8. The molecule has 0 saturated heterocycles. The van der Waals surface area contributed by atoms with E-state index < -0.39 is 26.9 Å². The highest BCUT2D eigenvalue weighted by Gasteiger charge is 2.50. The summed E-state index contributed by atoms with van der Waals surface area (Å²) in [5.41, 5.74) is 2.90. The molecule has 0 amide bonds. The Kier molecular flexibility index (Phi) is 8.84. The highest BCUT2D eigenvalue weighted by atomic mass is 28.5. The topological polar surface area (TPSA) is 75.6 Å². The van der Waals surface area contributed by atoms with Gasteiger partial charge in [0.05, 0.1) is 6.23 Å². The fraction of sp³-hybridized carbons (Fsp3) is 0.556. The minimum Gasteiger partial charge on any atom is -0.399 e. The Balaban J connectivity index is 5.17. The predicted octanol–water partition coefficient (Wildman–Crippen LogP) is -0.315. The van der Waals surface area contributed by atoms with Gasteiger partial charge in [-0.15, -0.1) is 0 Å². The summed E-state index contributed by atoms with van der Waals surface area (Å²) in [6, 6.07) is 0. The highest BCUT2D eigenvalue weighted by Crippen LogP contribution is 2.20. The average molecular weight is 327 g/mol. The van der Waals surface area contributed by atoms with E-state index in [2.05, 4.69) is 13.2 Å². The van der Waals surface area contributed by atoms with Gasteiger partial charge in [0.2, 0.25) is 0 Å². The molecule has 0 aliphatic carbocycles. The summed E-state index contributed by atoms with van der Waals surface area (Å²) < 4.78 is 32.4. The number of aliphatic hydroxyl groups excluding tert-OH is 1. The quantitative estimate of drug-likeness (QED) is 0.522. The second-order valence-electron chi connectivity index (χ2n) is 3.30. The lowest BCUT2D eigenvalue weighted by Crippen LogP contribution is -2.58. The minimum atomic E-state index is -3.27. The van der Waals surface area contributed by atoms with Gasteiger partial charge < -0.3 is 31.0 Å². The fourth-order valence-corrected chi connectivity index (χ4v) is 8.82. The van der Waals surface area contributed by atoms with Crippen molar-refractivity contribution < 1.29 is 31.0 Å². The first kappa shape index (κ1) is 18.9. The van der Waals surface area contributed by atoms with Gasteiger partial charge in [-0.05, 0) is 11.4 Å². The molecule has 2 unspecified atom stereocenters. The second-order valence-corrected chi connectivity index (χ2v) is 11.2. The van der Waals surface area contributed by atoms with Crippen LogP contribution in [-0.2, 0) is 25.9 Å². The number of hydrogen-bond donors (Lipinski definition) is 1. The molecule has 0 radical (unpaired) electrons. The third-order valence-electron chi connectivity index (χ3n) is 2.35. The molecule has 19 heavy (non-hydrogen) atoms. The Morgan fingerprint density at radius 2 is 1.47 bits per heavy atom. The van der Waals surface area contributed by atoms with E-state index in [1.165, 1.54) is 39.8 Å². The van der Waals surface area contributed by atoms with Crippen LogP contribution in [0.4, 0.5) is 0 Å². The van der Waals surface area contributed by atoms with E-state index in [4.69, 9.17) is 31.0 Å². The van der Waals surface area contributed by atoms with Crippen molar-refractivity contribution in [3.8, 4) is 0 Å². The smallest absolute Gasteiger partial charge is 0.399 e. The van der Waals surface area contributed by atoms with Crippen molar-refractivity contribution in [3.05, 3.63) is 24.6 Å². The predicted molar refractivity (Wildman–Crippen MR) is 76.3 cm³/mol. The molecule has 0 aromatic carbocycles. The maximum Gasteiger partial charge on any atom is 0.521 e. The van der Waals surface area contributed by atoms with Crippen LogP contribution >= 0.6 is 0 Å². The fourth-order valence-electron chi connectivity index (χ4n) is 1.20. The van der Waals surface area contributed by atoms with Crippen molar-refractivity contribution in [2.45, 2.75) is 0 Å². The zero-order valence-corrected chi connectivity index (χ0v) is 14.9. The van der Waals surface area contributed by atoms with Crippen LogP contribution in [-0.4, -0.2) is 66.7 Å². The minimum absolute atomic E-state index is 0.214. The number of rotatable bonds is 11. The highest BCUT2D eigenvalue weighted by molar-refractivity contribution is 6.82. The zero-order chi connectivity index (χ0) is 14.9. The molecule has 10 heteroatoms. The van der Waals surface area contributed by atoms with Crippen molar-refractivity contribution in [2.75, 3.05) is 34.7 Å². The molecule has 0 rings (SSSR count). The Bertz CT molecular complexity index is 283. The lowest BCUT2D eigenvalue weighted by Gasteiger charge is -2.34. The molecule has 0 aliphatic heterocycles. The van der Waals surface area contributed by atoms with Crippen molar-refractivity contribution >= 4 is 26.9 Å². The van der Waals surface area contributed by atoms with Gasteiger partial charge in [-0.2, -0.15) is 0 Å². The molecule has 0 heterocycles. The molecule has 0 fully saturated rings. The maximum absolute atomic E-state index is 9.17. The summed E-state index contributed by atoms with van der Waals surface area (Å²) in [6.07, 6.45) is -0.214. The Morgan fingerprint density at radius 3 is 1.74 bits per heavy atom. The van der Waals surface area contributed by atoms with Crippen molar-refractivity contribution in [3.63, 3.8) is 0 Å². The summed E-state index contributed by atoms with van der Waals surface area (Å²) in [5.74, 6) is 0. The van der Waals surface area contributed by atoms with Gasteiger partial charge in [0.1, 0.15) is 0 Å². The van der Waals surface area contributed by atoms with Crippen LogP contribution in [0.2, 0.25) is 0 Å². The van der Waals surface area contributed by atoms with Gasteiger partial charge >= 0.3 is 26.9 Å². The lowest BCUT2D eigenvalue weighted by atomic mass is 11.3. The number of hydrogen-bond acceptors (Lipinski definition) is 7. The number of aliphatic hydroxyl groups is 1. The molecule has 0 spiro atoms. The van der Waals surface area contributed by atoms with Crippen molar-refractivity contribution in [1.82, 2.24) is 0 Å². The van der Waals surface area contributed by atoms with Crippen LogP contribution in [0.25, 0.3) is 0 Å². The van der Waals surface area contributed by atoms with Crippen LogP contribution < -0.4 is 0 Å². The summed E-state index contributed by atoms with van der Waals surface area (Å²) in [4.78, 5) is 0. The second kappa shape index (κ2) is 8.91. The Morgan fingerprint density at radius 1 is 1.00 bits per heavy atom. The van der Waals surface area contributed by atoms with Gasteiger partial charge in [0.25, 0.3) is 0 Å². The molecule has 0 bridgehead atoms. The van der Waals surface area contributed by atoms with E-state index in [0.29, 0.717) is 0 Å². The maximum atomic E-state index is 9.17. The van der Waals surface area contributed by atoms with Gasteiger partial charge in [0.15, 0.2) is 0 Å². The van der Waals surface area contributed by atoms with E-state index in [9.17, 15) is 0 Å². The zero-order valence-electron chi connectivity index (χ0n) is 11.8. The summed E-state index contributed by atoms with van der Waals surface area (Å²) in [7, 11) is -2.88. The average Bonchev–Trinajstić information content (AvgIpc) is 2.49. The summed E-state index contributed by atoms with van der Waals surface area (Å²) >= 11 is 0. The van der Waals surface area contributed by atoms with Crippen molar-refractivity contribution in [2.24, 2.45) is 0 Å². The largest absolute Gasteiger partial charge is 0.521 e.